The van der Waals surface area contributed by atoms with E-state index in [0.717, 1.165) is 71.6 Å². The molecule has 6 nitrogen and oxygen atoms in total. The Morgan fingerprint density at radius 1 is 0.686 bits per heavy atom. The third kappa shape index (κ3) is 8.27. The molecule has 0 fully saturated rings. The Morgan fingerprint density at radius 2 is 1.09 bits per heavy atom. The number of aryl methyl sites for hydroxylation is 4. The summed E-state index contributed by atoms with van der Waals surface area (Å²) in [6.45, 7) is 16.5. The standard InChI is InChI=1S/C14H24O2S.C13H20O4S/c1-5-7-9-15-13-11(3)17-12(4)14(13)16-10-8-6-2;1-9-11-12(10(2)18-9)17-8-13(5-14-3,6-15-4)7-16-11/h5-10H2,1-4H3;5-8H2,1-4H3. The van der Waals surface area contributed by atoms with E-state index in [9.17, 15) is 0 Å². The molecule has 0 bridgehead atoms. The van der Waals surface area contributed by atoms with E-state index < -0.39 is 0 Å². The van der Waals surface area contributed by atoms with Gasteiger partial charge in [-0.1, -0.05) is 26.7 Å². The molecule has 2 aromatic rings. The highest BCUT2D eigenvalue weighted by molar-refractivity contribution is 7.12. The van der Waals surface area contributed by atoms with E-state index in [4.69, 9.17) is 28.4 Å². The third-order valence-electron chi connectivity index (χ3n) is 5.74. The Hall–Kier alpha value is -1.48. The van der Waals surface area contributed by atoms with Crippen molar-refractivity contribution in [2.24, 2.45) is 5.41 Å². The lowest BCUT2D eigenvalue weighted by molar-refractivity contribution is -0.0361. The highest BCUT2D eigenvalue weighted by Crippen LogP contribution is 2.44. The van der Waals surface area contributed by atoms with E-state index in [1.807, 2.05) is 0 Å². The monoisotopic (exact) mass is 528 g/mol. The van der Waals surface area contributed by atoms with Crippen LogP contribution < -0.4 is 18.9 Å². The summed E-state index contributed by atoms with van der Waals surface area (Å²) in [6, 6.07) is 0. The molecule has 0 amide bonds. The fraction of sp³-hybridized carbons (Fsp3) is 0.704. The number of hydrogen-bond acceptors (Lipinski definition) is 8. The molecular weight excluding hydrogens is 484 g/mol. The summed E-state index contributed by atoms with van der Waals surface area (Å²) >= 11 is 3.47. The first kappa shape index (κ1) is 29.7. The van der Waals surface area contributed by atoms with Gasteiger partial charge in [-0.2, -0.15) is 0 Å². The molecule has 0 aliphatic carbocycles. The smallest absolute Gasteiger partial charge is 0.175 e. The van der Waals surface area contributed by atoms with Crippen molar-refractivity contribution in [3.63, 3.8) is 0 Å². The van der Waals surface area contributed by atoms with Crippen molar-refractivity contribution in [1.29, 1.82) is 0 Å². The summed E-state index contributed by atoms with van der Waals surface area (Å²) in [4.78, 5) is 4.77. The number of fused-ring (bicyclic) bond motifs is 1. The van der Waals surface area contributed by atoms with Gasteiger partial charge >= 0.3 is 0 Å². The Labute approximate surface area is 219 Å². The van der Waals surface area contributed by atoms with Gasteiger partial charge in [0, 0.05) is 33.7 Å². The van der Waals surface area contributed by atoms with Crippen LogP contribution in [0.5, 0.6) is 23.0 Å². The second kappa shape index (κ2) is 14.9. The minimum absolute atomic E-state index is 0.237. The van der Waals surface area contributed by atoms with Gasteiger partial charge in [-0.25, -0.2) is 0 Å². The highest BCUT2D eigenvalue weighted by Gasteiger charge is 2.37. The molecule has 200 valence electrons. The summed E-state index contributed by atoms with van der Waals surface area (Å²) < 4.78 is 34.2. The number of hydrogen-bond donors (Lipinski definition) is 0. The van der Waals surface area contributed by atoms with Gasteiger partial charge < -0.3 is 28.4 Å². The van der Waals surface area contributed by atoms with E-state index in [1.54, 1.807) is 36.9 Å². The van der Waals surface area contributed by atoms with Crippen LogP contribution in [-0.4, -0.2) is 53.9 Å². The number of ether oxygens (including phenoxy) is 6. The predicted octanol–water partition coefficient (Wildman–Crippen LogP) is 7.14. The maximum atomic E-state index is 5.95. The minimum atomic E-state index is -0.237. The van der Waals surface area contributed by atoms with Gasteiger partial charge in [0.25, 0.3) is 0 Å². The van der Waals surface area contributed by atoms with Gasteiger partial charge in [0.15, 0.2) is 23.0 Å². The summed E-state index contributed by atoms with van der Waals surface area (Å²) in [7, 11) is 3.38. The van der Waals surface area contributed by atoms with E-state index in [0.29, 0.717) is 26.4 Å². The average Bonchev–Trinajstić information content (AvgIpc) is 3.15. The average molecular weight is 529 g/mol. The van der Waals surface area contributed by atoms with E-state index >= 15 is 0 Å². The fourth-order valence-corrected chi connectivity index (χ4v) is 5.80. The molecule has 8 heteroatoms. The van der Waals surface area contributed by atoms with E-state index in [2.05, 4.69) is 41.5 Å². The molecule has 0 aromatic carbocycles. The van der Waals surface area contributed by atoms with Crippen LogP contribution >= 0.6 is 22.7 Å². The molecule has 0 saturated carbocycles. The van der Waals surface area contributed by atoms with Crippen molar-refractivity contribution < 1.29 is 28.4 Å². The van der Waals surface area contributed by atoms with Crippen molar-refractivity contribution in [3.8, 4) is 23.0 Å². The lowest BCUT2D eigenvalue weighted by Gasteiger charge is -2.29. The van der Waals surface area contributed by atoms with Gasteiger partial charge in [-0.3, -0.25) is 0 Å². The summed E-state index contributed by atoms with van der Waals surface area (Å²) in [5.41, 5.74) is -0.237. The largest absolute Gasteiger partial charge is 0.489 e. The zero-order valence-corrected chi connectivity index (χ0v) is 24.5. The quantitative estimate of drug-likeness (QED) is 0.273. The van der Waals surface area contributed by atoms with Crippen LogP contribution in [0.2, 0.25) is 0 Å². The topological polar surface area (TPSA) is 55.4 Å². The van der Waals surface area contributed by atoms with Crippen LogP contribution in [0.3, 0.4) is 0 Å². The lowest BCUT2D eigenvalue weighted by Crippen LogP contribution is -2.42. The van der Waals surface area contributed by atoms with Gasteiger partial charge in [0.05, 0.1) is 31.8 Å². The summed E-state index contributed by atoms with van der Waals surface area (Å²) in [6.07, 6.45) is 4.52. The fourth-order valence-electron chi connectivity index (χ4n) is 3.90. The number of methoxy groups -OCH3 is 2. The minimum Gasteiger partial charge on any atom is -0.489 e. The molecule has 0 saturated heterocycles. The van der Waals surface area contributed by atoms with Crippen LogP contribution in [0.15, 0.2) is 0 Å². The molecule has 2 aromatic heterocycles. The number of thiophene rings is 2. The molecule has 1 aliphatic heterocycles. The molecule has 3 heterocycles. The zero-order valence-electron chi connectivity index (χ0n) is 22.8. The van der Waals surface area contributed by atoms with Crippen molar-refractivity contribution in [3.05, 3.63) is 19.5 Å². The van der Waals surface area contributed by atoms with E-state index in [-0.39, 0.29) is 5.41 Å². The lowest BCUT2D eigenvalue weighted by atomic mass is 9.92. The molecule has 35 heavy (non-hydrogen) atoms. The normalized spacial score (nSPS) is 14.2. The molecule has 0 radical (unpaired) electrons. The van der Waals surface area contributed by atoms with Crippen LogP contribution in [0, 0.1) is 33.1 Å². The molecular formula is C27H44O6S2. The molecule has 0 unspecified atom stereocenters. The zero-order chi connectivity index (χ0) is 25.8. The van der Waals surface area contributed by atoms with Crippen molar-refractivity contribution in [1.82, 2.24) is 0 Å². The molecule has 3 rings (SSSR count). The molecule has 1 aliphatic rings. The number of unbranched alkanes of at least 4 members (excludes halogenated alkanes) is 2. The first-order valence-corrected chi connectivity index (χ1v) is 14.1. The first-order chi connectivity index (χ1) is 16.8. The van der Waals surface area contributed by atoms with Gasteiger partial charge in [-0.15, -0.1) is 22.7 Å². The SMILES string of the molecule is CCCCOc1c(C)sc(C)c1OCCCC.COCC1(COC)COc2c(C)sc(C)c2OC1. The Bertz CT molecular complexity index is 822. The summed E-state index contributed by atoms with van der Waals surface area (Å²) in [5, 5.41) is 0. The number of rotatable bonds is 12. The van der Waals surface area contributed by atoms with Crippen LogP contribution in [-0.2, 0) is 9.47 Å². The van der Waals surface area contributed by atoms with Gasteiger partial charge in [0.2, 0.25) is 0 Å². The Balaban J connectivity index is 0.000000247. The van der Waals surface area contributed by atoms with Gasteiger partial charge in [-0.05, 0) is 40.5 Å². The van der Waals surface area contributed by atoms with Crippen molar-refractivity contribution in [2.75, 3.05) is 53.9 Å². The summed E-state index contributed by atoms with van der Waals surface area (Å²) in [5.74, 6) is 3.70. The van der Waals surface area contributed by atoms with Crippen LogP contribution in [0.4, 0.5) is 0 Å². The maximum Gasteiger partial charge on any atom is 0.175 e. The molecule has 0 atom stereocenters. The molecule has 0 N–H and O–H groups in total. The second-order valence-electron chi connectivity index (χ2n) is 9.09. The van der Waals surface area contributed by atoms with E-state index in [1.165, 1.54) is 9.75 Å². The van der Waals surface area contributed by atoms with Gasteiger partial charge in [0.1, 0.15) is 13.2 Å². The van der Waals surface area contributed by atoms with Crippen LogP contribution in [0.1, 0.15) is 59.0 Å². The second-order valence-corrected chi connectivity index (χ2v) is 12.0. The van der Waals surface area contributed by atoms with Crippen molar-refractivity contribution >= 4 is 22.7 Å². The Kier molecular flexibility index (Phi) is 12.7. The first-order valence-electron chi connectivity index (χ1n) is 12.5. The maximum absolute atomic E-state index is 5.95. The van der Waals surface area contributed by atoms with Crippen LogP contribution in [0.25, 0.3) is 0 Å². The predicted molar refractivity (Wildman–Crippen MR) is 146 cm³/mol. The van der Waals surface area contributed by atoms with Crippen molar-refractivity contribution in [2.45, 2.75) is 67.2 Å². The molecule has 0 spiro atoms. The third-order valence-corrected chi connectivity index (χ3v) is 7.71. The Morgan fingerprint density at radius 3 is 1.46 bits per heavy atom. The highest BCUT2D eigenvalue weighted by atomic mass is 32.1.